The molecular weight excluding hydrogens is 284 g/mol. The number of rotatable bonds is 6. The first-order chi connectivity index (χ1) is 9.08. The van der Waals surface area contributed by atoms with E-state index in [0.29, 0.717) is 19.8 Å². The van der Waals surface area contributed by atoms with Gasteiger partial charge in [-0.2, -0.15) is 0 Å². The number of benzene rings is 1. The molecule has 3 N–H and O–H groups in total. The fourth-order valence-corrected chi connectivity index (χ4v) is 2.35. The molecule has 2 rings (SSSR count). The van der Waals surface area contributed by atoms with Crippen molar-refractivity contribution in [1.29, 1.82) is 0 Å². The first kappa shape index (κ1) is 16.3. The van der Waals surface area contributed by atoms with Gasteiger partial charge >= 0.3 is 11.9 Å². The third kappa shape index (κ3) is 3.85. The number of nitrogens with one attached hydrogen (secondary N) is 1. The third-order valence-corrected chi connectivity index (χ3v) is 3.24. The second kappa shape index (κ2) is 7.12. The van der Waals surface area contributed by atoms with E-state index in [4.69, 9.17) is 10.2 Å². The minimum Gasteiger partial charge on any atom is -1.00 e. The van der Waals surface area contributed by atoms with Crippen molar-refractivity contribution in [2.24, 2.45) is 0 Å². The van der Waals surface area contributed by atoms with Gasteiger partial charge in [0.05, 0.1) is 19.4 Å². The Morgan fingerprint density at radius 2 is 1.80 bits per heavy atom. The van der Waals surface area contributed by atoms with E-state index in [2.05, 4.69) is 0 Å². The van der Waals surface area contributed by atoms with Crippen LogP contribution in [0.15, 0.2) is 24.3 Å². The smallest absolute Gasteiger partial charge is 0.309 e. The molecule has 0 radical (unpaired) electrons. The highest BCUT2D eigenvalue weighted by molar-refractivity contribution is 5.70. The Bertz CT molecular complexity index is 452. The van der Waals surface area contributed by atoms with Gasteiger partial charge in [0.25, 0.3) is 0 Å². The van der Waals surface area contributed by atoms with Crippen molar-refractivity contribution in [3.05, 3.63) is 24.3 Å². The van der Waals surface area contributed by atoms with E-state index in [0.717, 1.165) is 16.3 Å². The largest absolute Gasteiger partial charge is 1.00 e. The molecule has 0 amide bonds. The zero-order valence-electron chi connectivity index (χ0n) is 10.9. The van der Waals surface area contributed by atoms with E-state index in [9.17, 15) is 9.59 Å². The number of para-hydroxylation sites is 2. The molecule has 110 valence electrons. The zero-order chi connectivity index (χ0) is 13.8. The number of hydrogen-bond donors (Lipinski definition) is 3. The number of carboxylic acids is 2. The number of fused-ring (bicyclic) bond motifs is 1. The Morgan fingerprint density at radius 1 is 1.15 bits per heavy atom. The quantitative estimate of drug-likeness (QED) is 0.519. The monoisotopic (exact) mass is 300 g/mol. The summed E-state index contributed by atoms with van der Waals surface area (Å²) in [6, 6.07) is 7.74. The maximum absolute atomic E-state index is 10.7. The molecule has 1 aliphatic rings. The van der Waals surface area contributed by atoms with Crippen molar-refractivity contribution in [1.82, 2.24) is 0 Å². The molecule has 0 fully saturated rings. The Labute approximate surface area is 123 Å². The minimum atomic E-state index is -0.823. The molecule has 6 nitrogen and oxygen atoms in total. The summed E-state index contributed by atoms with van der Waals surface area (Å²) >= 11 is 0. The zero-order valence-corrected chi connectivity index (χ0v) is 11.6. The minimum absolute atomic E-state index is 0. The van der Waals surface area contributed by atoms with E-state index in [1.165, 1.54) is 0 Å². The highest BCUT2D eigenvalue weighted by atomic mass is 35.5. The summed E-state index contributed by atoms with van der Waals surface area (Å²) in [5.41, 5.74) is 2.05. The molecule has 0 spiro atoms. The highest BCUT2D eigenvalue weighted by Crippen LogP contribution is 2.25. The van der Waals surface area contributed by atoms with Gasteiger partial charge in [0.15, 0.2) is 12.4 Å². The molecule has 1 aromatic carbocycles. The highest BCUT2D eigenvalue weighted by Gasteiger charge is 2.30. The Hall–Kier alpha value is -1.79. The second-order valence-electron chi connectivity index (χ2n) is 4.58. The predicted octanol–water partition coefficient (Wildman–Crippen LogP) is -3.07. The van der Waals surface area contributed by atoms with Crippen LogP contribution in [-0.4, -0.2) is 41.9 Å². The van der Waals surface area contributed by atoms with Crippen LogP contribution in [0.4, 0.5) is 11.4 Å². The summed E-state index contributed by atoms with van der Waals surface area (Å²) in [5.74, 6) is -1.63. The summed E-state index contributed by atoms with van der Waals surface area (Å²) < 4.78 is 0. The average Bonchev–Trinajstić information content (AvgIpc) is 2.72. The molecule has 0 saturated heterocycles. The maximum Gasteiger partial charge on any atom is 0.309 e. The van der Waals surface area contributed by atoms with Crippen LogP contribution in [0.1, 0.15) is 12.8 Å². The van der Waals surface area contributed by atoms with Crippen LogP contribution < -0.4 is 22.2 Å². The van der Waals surface area contributed by atoms with E-state index in [1.54, 1.807) is 0 Å². The molecule has 1 heterocycles. The number of aliphatic carboxylic acids is 2. The van der Waals surface area contributed by atoms with Crippen molar-refractivity contribution in [2.45, 2.75) is 12.8 Å². The molecular formula is C13H17ClN2O4. The summed E-state index contributed by atoms with van der Waals surface area (Å²) in [4.78, 5) is 24.4. The number of anilines is 1. The topological polar surface area (TPSA) is 82.3 Å². The van der Waals surface area contributed by atoms with Crippen LogP contribution in [0.25, 0.3) is 0 Å². The van der Waals surface area contributed by atoms with E-state index in [1.807, 2.05) is 29.2 Å². The van der Waals surface area contributed by atoms with Gasteiger partial charge in [-0.1, -0.05) is 12.1 Å². The van der Waals surface area contributed by atoms with E-state index in [-0.39, 0.29) is 25.2 Å². The average molecular weight is 301 g/mol. The van der Waals surface area contributed by atoms with Crippen LogP contribution in [0.2, 0.25) is 0 Å². The van der Waals surface area contributed by atoms with Gasteiger partial charge in [-0.3, -0.25) is 14.5 Å². The van der Waals surface area contributed by atoms with Crippen LogP contribution in [0.5, 0.6) is 0 Å². The summed E-state index contributed by atoms with van der Waals surface area (Å²) in [6.45, 7) is 1.58. The van der Waals surface area contributed by atoms with Gasteiger partial charge in [0.2, 0.25) is 0 Å². The Balaban J connectivity index is 0.00000200. The number of carbonyl (C=O) groups is 2. The first-order valence-electron chi connectivity index (χ1n) is 6.20. The summed E-state index contributed by atoms with van der Waals surface area (Å²) in [6.07, 6.45) is 0.191. The molecule has 0 bridgehead atoms. The molecule has 7 heteroatoms. The lowest BCUT2D eigenvalue weighted by Crippen LogP contribution is -3.07. The van der Waals surface area contributed by atoms with Crippen molar-refractivity contribution in [2.75, 3.05) is 24.7 Å². The molecule has 1 unspecified atom stereocenters. The molecule has 1 aliphatic heterocycles. The lowest BCUT2D eigenvalue weighted by molar-refractivity contribution is -0.825. The van der Waals surface area contributed by atoms with Crippen molar-refractivity contribution in [3.63, 3.8) is 0 Å². The van der Waals surface area contributed by atoms with E-state index < -0.39 is 11.9 Å². The molecule has 1 aromatic rings. The van der Waals surface area contributed by atoms with Crippen molar-refractivity contribution < 1.29 is 37.1 Å². The molecule has 0 saturated carbocycles. The summed E-state index contributed by atoms with van der Waals surface area (Å²) in [7, 11) is 0. The van der Waals surface area contributed by atoms with Gasteiger partial charge in [0, 0.05) is 12.6 Å². The van der Waals surface area contributed by atoms with Crippen molar-refractivity contribution in [3.8, 4) is 0 Å². The SMILES string of the molecule is O=C(O)CCN1C[NH+](CCC(=O)O)c2ccccc21.[Cl-]. The van der Waals surface area contributed by atoms with Crippen molar-refractivity contribution >= 4 is 23.3 Å². The lowest BCUT2D eigenvalue weighted by atomic mass is 10.2. The van der Waals surface area contributed by atoms with Gasteiger partial charge in [-0.25, -0.2) is 0 Å². The molecule has 0 aromatic heterocycles. The van der Waals surface area contributed by atoms with E-state index >= 15 is 0 Å². The number of hydrogen-bond acceptors (Lipinski definition) is 3. The van der Waals surface area contributed by atoms with Crippen LogP contribution in [-0.2, 0) is 9.59 Å². The van der Waals surface area contributed by atoms with Gasteiger partial charge in [-0.15, -0.1) is 0 Å². The molecule has 0 aliphatic carbocycles. The summed E-state index contributed by atoms with van der Waals surface area (Å²) in [5, 5.41) is 17.5. The number of nitrogens with zero attached hydrogens (tertiary/aromatic N) is 1. The number of halogens is 1. The normalized spacial score (nSPS) is 16.4. The number of carboxylic acid groups (broad SMARTS) is 2. The van der Waals surface area contributed by atoms with Gasteiger partial charge in [-0.05, 0) is 6.07 Å². The Morgan fingerprint density at radius 3 is 2.45 bits per heavy atom. The maximum atomic E-state index is 10.7. The van der Waals surface area contributed by atoms with Gasteiger partial charge < -0.3 is 27.5 Å². The predicted molar refractivity (Wildman–Crippen MR) is 68.7 cm³/mol. The number of quaternary nitrogens is 1. The molecule has 1 atom stereocenters. The second-order valence-corrected chi connectivity index (χ2v) is 4.58. The van der Waals surface area contributed by atoms with Gasteiger partial charge in [0.1, 0.15) is 5.69 Å². The van der Waals surface area contributed by atoms with Crippen LogP contribution in [0, 0.1) is 0 Å². The first-order valence-corrected chi connectivity index (χ1v) is 6.20. The van der Waals surface area contributed by atoms with Crippen LogP contribution in [0.3, 0.4) is 0 Å². The third-order valence-electron chi connectivity index (χ3n) is 3.24. The fourth-order valence-electron chi connectivity index (χ4n) is 2.35. The lowest BCUT2D eigenvalue weighted by Gasteiger charge is -2.16. The Kier molecular flexibility index (Phi) is 5.79. The fraction of sp³-hybridized carbons (Fsp3) is 0.385. The molecule has 20 heavy (non-hydrogen) atoms. The van der Waals surface area contributed by atoms with Crippen LogP contribution >= 0.6 is 0 Å². The standard InChI is InChI=1S/C13H16N2O4.ClH/c16-12(17)5-7-14-9-15(8-6-13(18)19)11-4-2-1-3-10(11)14;/h1-4H,5-9H2,(H,16,17)(H,18,19);1H.